The highest BCUT2D eigenvalue weighted by molar-refractivity contribution is 5.93. The van der Waals surface area contributed by atoms with Crippen LogP contribution in [0.5, 0.6) is 0 Å². The molecule has 1 aromatic carbocycles. The number of nitrogens with one attached hydrogen (secondary N) is 1. The lowest BCUT2D eigenvalue weighted by Crippen LogP contribution is -2.30. The number of carbonyl (C=O) groups is 2. The molecule has 0 spiro atoms. The zero-order valence-electron chi connectivity index (χ0n) is 10.9. The number of hydrogen-bond acceptors (Lipinski definition) is 4. The molecule has 1 unspecified atom stereocenters. The number of nitrogens with two attached hydrogens (primary N) is 2. The van der Waals surface area contributed by atoms with Crippen LogP contribution in [0.2, 0.25) is 0 Å². The van der Waals surface area contributed by atoms with Crippen molar-refractivity contribution in [3.05, 3.63) is 35.1 Å². The molecule has 20 heavy (non-hydrogen) atoms. The van der Waals surface area contributed by atoms with Gasteiger partial charge in [-0.05, 0) is 31.2 Å². The first kappa shape index (κ1) is 14.4. The predicted octanol–water partition coefficient (Wildman–Crippen LogP) is -0.264. The van der Waals surface area contributed by atoms with Crippen LogP contribution in [0.15, 0.2) is 18.2 Å². The first-order valence-electron chi connectivity index (χ1n) is 6.32. The number of hydrogen-bond donors (Lipinski definition) is 3. The molecular formula is C13H17FN4O2. The Bertz CT molecular complexity index is 535. The summed E-state index contributed by atoms with van der Waals surface area (Å²) in [6, 6.07) is 4.08. The Morgan fingerprint density at radius 3 is 2.80 bits per heavy atom. The molecule has 108 valence electrons. The normalized spacial score (nSPS) is 19.0. The summed E-state index contributed by atoms with van der Waals surface area (Å²) >= 11 is 0. The van der Waals surface area contributed by atoms with E-state index in [0.29, 0.717) is 37.2 Å². The van der Waals surface area contributed by atoms with Gasteiger partial charge in [-0.1, -0.05) is 0 Å². The maximum Gasteiger partial charge on any atom is 0.265 e. The molecule has 5 N–H and O–H groups in total. The van der Waals surface area contributed by atoms with Crippen molar-refractivity contribution < 1.29 is 14.0 Å². The van der Waals surface area contributed by atoms with E-state index in [1.807, 2.05) is 10.3 Å². The second-order valence-corrected chi connectivity index (χ2v) is 4.90. The van der Waals surface area contributed by atoms with Crippen LogP contribution in [0.25, 0.3) is 0 Å². The fraction of sp³-hybridized carbons (Fsp3) is 0.385. The van der Waals surface area contributed by atoms with Crippen molar-refractivity contribution in [1.29, 1.82) is 0 Å². The highest BCUT2D eigenvalue weighted by atomic mass is 19.1. The van der Waals surface area contributed by atoms with Crippen LogP contribution in [0.4, 0.5) is 4.39 Å². The van der Waals surface area contributed by atoms with Crippen molar-refractivity contribution in [2.75, 3.05) is 13.1 Å². The standard InChI is InChI=1S/C13H17FN4O2/c14-11-2-1-8(13(20)17-16)5-10(11)7-18-4-3-9(6-18)12(15)19/h1-2,5,9H,3-4,6-7,16H2,(H2,15,19)(H,17,20). The van der Waals surface area contributed by atoms with Gasteiger partial charge in [-0.3, -0.25) is 19.9 Å². The average Bonchev–Trinajstić information content (AvgIpc) is 2.89. The van der Waals surface area contributed by atoms with E-state index in [-0.39, 0.29) is 17.6 Å². The van der Waals surface area contributed by atoms with Gasteiger partial charge in [-0.2, -0.15) is 0 Å². The lowest BCUT2D eigenvalue weighted by atomic mass is 10.1. The van der Waals surface area contributed by atoms with E-state index in [2.05, 4.69) is 0 Å². The molecule has 0 aliphatic carbocycles. The minimum atomic E-state index is -0.470. The highest BCUT2D eigenvalue weighted by Gasteiger charge is 2.27. The summed E-state index contributed by atoms with van der Waals surface area (Å²) in [6.45, 7) is 1.53. The zero-order valence-corrected chi connectivity index (χ0v) is 10.9. The smallest absolute Gasteiger partial charge is 0.265 e. The van der Waals surface area contributed by atoms with Crippen molar-refractivity contribution >= 4 is 11.8 Å². The van der Waals surface area contributed by atoms with Crippen molar-refractivity contribution in [3.63, 3.8) is 0 Å². The number of primary amides is 1. The number of amides is 2. The number of nitrogens with zero attached hydrogens (tertiary/aromatic N) is 1. The fourth-order valence-electron chi connectivity index (χ4n) is 2.37. The number of hydrazine groups is 1. The SMILES string of the molecule is NNC(=O)c1ccc(F)c(CN2CCC(C(N)=O)C2)c1. The Balaban J connectivity index is 2.09. The Morgan fingerprint density at radius 1 is 1.45 bits per heavy atom. The monoisotopic (exact) mass is 280 g/mol. The van der Waals surface area contributed by atoms with Crippen molar-refractivity contribution in [2.24, 2.45) is 17.5 Å². The fourth-order valence-corrected chi connectivity index (χ4v) is 2.37. The minimum absolute atomic E-state index is 0.186. The number of benzene rings is 1. The molecule has 6 nitrogen and oxygen atoms in total. The third-order valence-corrected chi connectivity index (χ3v) is 3.51. The second-order valence-electron chi connectivity index (χ2n) is 4.90. The molecule has 0 radical (unpaired) electrons. The molecule has 1 aliphatic heterocycles. The van der Waals surface area contributed by atoms with E-state index in [1.165, 1.54) is 18.2 Å². The third-order valence-electron chi connectivity index (χ3n) is 3.51. The van der Waals surface area contributed by atoms with Gasteiger partial charge in [0, 0.05) is 24.2 Å². The zero-order chi connectivity index (χ0) is 14.7. The molecule has 1 atom stereocenters. The van der Waals surface area contributed by atoms with Crippen LogP contribution in [-0.4, -0.2) is 29.8 Å². The molecule has 2 amide bonds. The Labute approximate surface area is 115 Å². The van der Waals surface area contributed by atoms with Crippen molar-refractivity contribution in [3.8, 4) is 0 Å². The molecule has 0 saturated carbocycles. The lowest BCUT2D eigenvalue weighted by Gasteiger charge is -2.16. The quantitative estimate of drug-likeness (QED) is 0.401. The Hall–Kier alpha value is -1.99. The molecule has 0 bridgehead atoms. The Kier molecular flexibility index (Phi) is 4.31. The maximum absolute atomic E-state index is 13.8. The summed E-state index contributed by atoms with van der Waals surface area (Å²) in [7, 11) is 0. The molecule has 1 heterocycles. The summed E-state index contributed by atoms with van der Waals surface area (Å²) in [5.41, 5.74) is 7.97. The summed E-state index contributed by atoms with van der Waals surface area (Å²) in [5.74, 6) is 3.68. The molecule has 0 aromatic heterocycles. The summed E-state index contributed by atoms with van der Waals surface area (Å²) in [4.78, 5) is 24.5. The number of likely N-dealkylation sites (tertiary alicyclic amines) is 1. The second kappa shape index (κ2) is 5.98. The largest absolute Gasteiger partial charge is 0.369 e. The van der Waals surface area contributed by atoms with Gasteiger partial charge in [-0.25, -0.2) is 10.2 Å². The summed E-state index contributed by atoms with van der Waals surface area (Å²) in [5, 5.41) is 0. The molecule has 2 rings (SSSR count). The first-order valence-corrected chi connectivity index (χ1v) is 6.32. The Morgan fingerprint density at radius 2 is 2.20 bits per heavy atom. The van der Waals surface area contributed by atoms with E-state index in [9.17, 15) is 14.0 Å². The van der Waals surface area contributed by atoms with Crippen LogP contribution >= 0.6 is 0 Å². The molecule has 1 aromatic rings. The van der Waals surface area contributed by atoms with Gasteiger partial charge in [0.15, 0.2) is 0 Å². The molecule has 1 saturated heterocycles. The van der Waals surface area contributed by atoms with Gasteiger partial charge in [-0.15, -0.1) is 0 Å². The van der Waals surface area contributed by atoms with E-state index in [1.54, 1.807) is 0 Å². The average molecular weight is 280 g/mol. The van der Waals surface area contributed by atoms with E-state index in [4.69, 9.17) is 11.6 Å². The topological polar surface area (TPSA) is 101 Å². The van der Waals surface area contributed by atoms with E-state index < -0.39 is 5.91 Å². The van der Waals surface area contributed by atoms with Gasteiger partial charge in [0.1, 0.15) is 5.82 Å². The van der Waals surface area contributed by atoms with Gasteiger partial charge in [0.05, 0.1) is 5.92 Å². The van der Waals surface area contributed by atoms with Gasteiger partial charge in [0.2, 0.25) is 5.91 Å². The van der Waals surface area contributed by atoms with E-state index >= 15 is 0 Å². The van der Waals surface area contributed by atoms with Crippen LogP contribution in [0.3, 0.4) is 0 Å². The first-order chi connectivity index (χ1) is 9.51. The van der Waals surface area contributed by atoms with Crippen molar-refractivity contribution in [1.82, 2.24) is 10.3 Å². The van der Waals surface area contributed by atoms with Crippen LogP contribution in [0, 0.1) is 11.7 Å². The molecule has 1 fully saturated rings. The van der Waals surface area contributed by atoms with Gasteiger partial charge < -0.3 is 5.73 Å². The number of carbonyl (C=O) groups excluding carboxylic acids is 2. The molecule has 1 aliphatic rings. The van der Waals surface area contributed by atoms with E-state index in [0.717, 1.165) is 0 Å². The van der Waals surface area contributed by atoms with Crippen molar-refractivity contribution in [2.45, 2.75) is 13.0 Å². The van der Waals surface area contributed by atoms with Crippen LogP contribution in [0.1, 0.15) is 22.3 Å². The number of nitrogen functional groups attached to an aromatic ring is 1. The predicted molar refractivity (Wildman–Crippen MR) is 70.6 cm³/mol. The minimum Gasteiger partial charge on any atom is -0.369 e. The highest BCUT2D eigenvalue weighted by Crippen LogP contribution is 2.20. The number of rotatable bonds is 4. The lowest BCUT2D eigenvalue weighted by molar-refractivity contribution is -0.121. The third kappa shape index (κ3) is 3.12. The summed E-state index contributed by atoms with van der Waals surface area (Å²) < 4.78 is 13.8. The van der Waals surface area contributed by atoms with Crippen LogP contribution < -0.4 is 17.0 Å². The summed E-state index contributed by atoms with van der Waals surface area (Å²) in [6.07, 6.45) is 0.680. The maximum atomic E-state index is 13.8. The molecular weight excluding hydrogens is 263 g/mol. The van der Waals surface area contributed by atoms with Gasteiger partial charge >= 0.3 is 0 Å². The number of halogens is 1. The van der Waals surface area contributed by atoms with Gasteiger partial charge in [0.25, 0.3) is 5.91 Å². The van der Waals surface area contributed by atoms with Crippen LogP contribution in [-0.2, 0) is 11.3 Å². The molecule has 7 heteroatoms.